The Morgan fingerprint density at radius 3 is 2.61 bits per heavy atom. The smallest absolute Gasteiger partial charge is 0.234 e. The fourth-order valence-corrected chi connectivity index (χ4v) is 3.21. The van der Waals surface area contributed by atoms with Crippen molar-refractivity contribution < 1.29 is 14.3 Å². The molecule has 1 aliphatic carbocycles. The van der Waals surface area contributed by atoms with Gasteiger partial charge in [-0.3, -0.25) is 4.79 Å². The van der Waals surface area contributed by atoms with Crippen molar-refractivity contribution in [3.05, 3.63) is 23.8 Å². The average molecular weight is 318 g/mol. The van der Waals surface area contributed by atoms with Crippen molar-refractivity contribution in [2.75, 3.05) is 13.3 Å². The lowest BCUT2D eigenvalue weighted by atomic mass is 9.97. The molecular weight excluding hydrogens is 292 g/mol. The second-order valence-electron chi connectivity index (χ2n) is 6.39. The van der Waals surface area contributed by atoms with Gasteiger partial charge in [-0.15, -0.1) is 0 Å². The monoisotopic (exact) mass is 318 g/mol. The van der Waals surface area contributed by atoms with Gasteiger partial charge in [0, 0.05) is 12.6 Å². The van der Waals surface area contributed by atoms with Crippen molar-refractivity contribution in [3.63, 3.8) is 0 Å². The molecule has 0 atom stereocenters. The maximum Gasteiger partial charge on any atom is 0.234 e. The van der Waals surface area contributed by atoms with Crippen LogP contribution < -0.4 is 20.1 Å². The molecule has 0 spiro atoms. The summed E-state index contributed by atoms with van der Waals surface area (Å²) in [6.45, 7) is 1.19. The van der Waals surface area contributed by atoms with E-state index >= 15 is 0 Å². The lowest BCUT2D eigenvalue weighted by Crippen LogP contribution is -2.39. The van der Waals surface area contributed by atoms with Gasteiger partial charge in [-0.05, 0) is 30.5 Å². The number of amides is 1. The van der Waals surface area contributed by atoms with E-state index in [0.717, 1.165) is 17.1 Å². The Balaban J connectivity index is 1.39. The van der Waals surface area contributed by atoms with E-state index in [-0.39, 0.29) is 12.7 Å². The lowest BCUT2D eigenvalue weighted by Gasteiger charge is -2.20. The van der Waals surface area contributed by atoms with Crippen molar-refractivity contribution in [3.8, 4) is 11.5 Å². The molecule has 2 N–H and O–H groups in total. The highest BCUT2D eigenvalue weighted by molar-refractivity contribution is 5.78. The van der Waals surface area contributed by atoms with Crippen LogP contribution in [0.3, 0.4) is 0 Å². The summed E-state index contributed by atoms with van der Waals surface area (Å²) in [6, 6.07) is 6.25. The van der Waals surface area contributed by atoms with Crippen LogP contribution in [0.2, 0.25) is 0 Å². The van der Waals surface area contributed by atoms with E-state index in [1.807, 2.05) is 18.2 Å². The molecule has 0 bridgehead atoms. The van der Waals surface area contributed by atoms with Crippen molar-refractivity contribution in [1.29, 1.82) is 0 Å². The van der Waals surface area contributed by atoms with Gasteiger partial charge in [-0.2, -0.15) is 0 Å². The Labute approximate surface area is 137 Å². The molecular formula is C18H26N2O3. The normalized spacial score (nSPS) is 18.3. The summed E-state index contributed by atoms with van der Waals surface area (Å²) >= 11 is 0. The zero-order valence-electron chi connectivity index (χ0n) is 13.6. The highest BCUT2D eigenvalue weighted by Gasteiger charge is 2.14. The van der Waals surface area contributed by atoms with Crippen LogP contribution >= 0.6 is 0 Å². The first kappa shape index (κ1) is 16.1. The van der Waals surface area contributed by atoms with Gasteiger partial charge in [0.25, 0.3) is 0 Å². The van der Waals surface area contributed by atoms with Crippen molar-refractivity contribution in [1.82, 2.24) is 10.6 Å². The number of benzene rings is 1. The first-order chi connectivity index (χ1) is 11.3. The van der Waals surface area contributed by atoms with Crippen LogP contribution in [-0.4, -0.2) is 25.3 Å². The van der Waals surface area contributed by atoms with Crippen LogP contribution in [0, 0.1) is 0 Å². The van der Waals surface area contributed by atoms with Crippen LogP contribution in [0.4, 0.5) is 0 Å². The van der Waals surface area contributed by atoms with Crippen LogP contribution in [-0.2, 0) is 11.3 Å². The molecule has 126 valence electrons. The summed E-state index contributed by atoms with van der Waals surface area (Å²) in [4.78, 5) is 12.0. The maximum atomic E-state index is 12.0. The van der Waals surface area contributed by atoms with Gasteiger partial charge in [0.1, 0.15) is 0 Å². The first-order valence-corrected chi connectivity index (χ1v) is 8.70. The van der Waals surface area contributed by atoms with Crippen molar-refractivity contribution >= 4 is 5.91 Å². The van der Waals surface area contributed by atoms with E-state index in [1.54, 1.807) is 0 Å². The molecule has 1 heterocycles. The highest BCUT2D eigenvalue weighted by atomic mass is 16.7. The summed E-state index contributed by atoms with van der Waals surface area (Å²) < 4.78 is 10.6. The van der Waals surface area contributed by atoms with E-state index in [4.69, 9.17) is 9.47 Å². The lowest BCUT2D eigenvalue weighted by molar-refractivity contribution is -0.120. The first-order valence-electron chi connectivity index (χ1n) is 8.70. The molecule has 0 aromatic heterocycles. The third-order valence-electron chi connectivity index (χ3n) is 4.58. The molecule has 1 aromatic carbocycles. The molecule has 1 aliphatic heterocycles. The van der Waals surface area contributed by atoms with Gasteiger partial charge < -0.3 is 20.1 Å². The molecule has 5 heteroatoms. The largest absolute Gasteiger partial charge is 0.454 e. The quantitative estimate of drug-likeness (QED) is 0.876. The number of nitrogens with one attached hydrogen (secondary N) is 2. The van der Waals surface area contributed by atoms with Crippen LogP contribution in [0.1, 0.15) is 50.5 Å². The Morgan fingerprint density at radius 1 is 1.04 bits per heavy atom. The van der Waals surface area contributed by atoms with Gasteiger partial charge in [-0.25, -0.2) is 0 Å². The van der Waals surface area contributed by atoms with Gasteiger partial charge in [0.2, 0.25) is 12.7 Å². The summed E-state index contributed by atoms with van der Waals surface area (Å²) in [7, 11) is 0. The fraction of sp³-hybridized carbons (Fsp3) is 0.611. The average Bonchev–Trinajstić information content (AvgIpc) is 2.99. The SMILES string of the molecule is O=C(CNC1CCCCCCC1)NCc1ccc2c(c1)OCO2. The molecule has 0 unspecified atom stereocenters. The molecule has 1 aromatic rings. The molecule has 1 fully saturated rings. The molecule has 23 heavy (non-hydrogen) atoms. The molecule has 5 nitrogen and oxygen atoms in total. The van der Waals surface area contributed by atoms with Crippen LogP contribution in [0.25, 0.3) is 0 Å². The third kappa shape index (κ3) is 4.86. The number of hydrogen-bond acceptors (Lipinski definition) is 4. The minimum Gasteiger partial charge on any atom is -0.454 e. The highest BCUT2D eigenvalue weighted by Crippen LogP contribution is 2.32. The number of carbonyl (C=O) groups is 1. The Hall–Kier alpha value is -1.75. The topological polar surface area (TPSA) is 59.6 Å². The molecule has 1 amide bonds. The number of ether oxygens (including phenoxy) is 2. The number of rotatable bonds is 5. The summed E-state index contributed by atoms with van der Waals surface area (Å²) in [5, 5.41) is 6.37. The predicted octanol–water partition coefficient (Wildman–Crippen LogP) is 2.73. The molecule has 2 aliphatic rings. The predicted molar refractivity (Wildman–Crippen MR) is 88.5 cm³/mol. The Bertz CT molecular complexity index is 525. The number of fused-ring (bicyclic) bond motifs is 1. The van der Waals surface area contributed by atoms with Gasteiger partial charge >= 0.3 is 0 Å². The molecule has 3 rings (SSSR count). The minimum absolute atomic E-state index is 0.0460. The van der Waals surface area contributed by atoms with E-state index in [9.17, 15) is 4.79 Å². The van der Waals surface area contributed by atoms with Crippen LogP contribution in [0.15, 0.2) is 18.2 Å². The third-order valence-corrected chi connectivity index (χ3v) is 4.58. The zero-order valence-corrected chi connectivity index (χ0v) is 13.6. The van der Waals surface area contributed by atoms with Crippen molar-refractivity contribution in [2.45, 2.75) is 57.5 Å². The van der Waals surface area contributed by atoms with Gasteiger partial charge in [0.15, 0.2) is 11.5 Å². The van der Waals surface area contributed by atoms with Gasteiger partial charge in [-0.1, -0.05) is 38.2 Å². The van der Waals surface area contributed by atoms with Gasteiger partial charge in [0.05, 0.1) is 6.54 Å². The van der Waals surface area contributed by atoms with Crippen LogP contribution in [0.5, 0.6) is 11.5 Å². The van der Waals surface area contributed by atoms with E-state index < -0.39 is 0 Å². The summed E-state index contributed by atoms with van der Waals surface area (Å²) in [6.07, 6.45) is 8.95. The molecule has 1 saturated carbocycles. The van der Waals surface area contributed by atoms with E-state index in [1.165, 1.54) is 44.9 Å². The second-order valence-corrected chi connectivity index (χ2v) is 6.39. The minimum atomic E-state index is 0.0460. The molecule has 0 saturated heterocycles. The number of carbonyl (C=O) groups excluding carboxylic acids is 1. The van der Waals surface area contributed by atoms with E-state index in [0.29, 0.717) is 19.1 Å². The zero-order chi connectivity index (χ0) is 15.9. The second kappa shape index (κ2) is 8.20. The van der Waals surface area contributed by atoms with E-state index in [2.05, 4.69) is 10.6 Å². The fourth-order valence-electron chi connectivity index (χ4n) is 3.21. The standard InChI is InChI=1S/C18H26N2O3/c21-18(12-19-15-6-4-2-1-3-5-7-15)20-11-14-8-9-16-17(10-14)23-13-22-16/h8-10,15,19H,1-7,11-13H2,(H,20,21). The maximum absolute atomic E-state index is 12.0. The Morgan fingerprint density at radius 2 is 1.78 bits per heavy atom. The van der Waals surface area contributed by atoms with Crippen molar-refractivity contribution in [2.24, 2.45) is 0 Å². The summed E-state index contributed by atoms with van der Waals surface area (Å²) in [5.74, 6) is 1.57. The number of hydrogen-bond donors (Lipinski definition) is 2. The Kier molecular flexibility index (Phi) is 5.75. The molecule has 0 radical (unpaired) electrons. The summed E-state index contributed by atoms with van der Waals surface area (Å²) in [5.41, 5.74) is 1.02.